The summed E-state index contributed by atoms with van der Waals surface area (Å²) in [5.41, 5.74) is 0.515. The zero-order valence-electron chi connectivity index (χ0n) is 9.73. The Morgan fingerprint density at radius 2 is 1.78 bits per heavy atom. The van der Waals surface area contributed by atoms with Crippen LogP contribution in [0.1, 0.15) is 18.6 Å². The van der Waals surface area contributed by atoms with Crippen LogP contribution < -0.4 is 4.74 Å². The maximum Gasteiger partial charge on any atom is 0.165 e. The molecule has 0 radical (unpaired) electrons. The molecular formula is C14H12F2O2. The summed E-state index contributed by atoms with van der Waals surface area (Å²) in [4.78, 5) is 0. The lowest BCUT2D eigenvalue weighted by Gasteiger charge is -2.13. The molecule has 0 fully saturated rings. The van der Waals surface area contributed by atoms with E-state index in [1.54, 1.807) is 31.2 Å². The topological polar surface area (TPSA) is 29.5 Å². The van der Waals surface area contributed by atoms with Crippen LogP contribution in [0.15, 0.2) is 42.5 Å². The quantitative estimate of drug-likeness (QED) is 0.897. The summed E-state index contributed by atoms with van der Waals surface area (Å²) in [5, 5.41) is 9.56. The van der Waals surface area contributed by atoms with Crippen LogP contribution >= 0.6 is 0 Å². The van der Waals surface area contributed by atoms with Crippen LogP contribution in [0.5, 0.6) is 11.5 Å². The fourth-order valence-electron chi connectivity index (χ4n) is 1.59. The molecule has 0 aliphatic heterocycles. The number of hydrogen-bond acceptors (Lipinski definition) is 2. The molecule has 2 nitrogen and oxygen atoms in total. The summed E-state index contributed by atoms with van der Waals surface area (Å²) in [6, 6.07) is 9.66. The number of rotatable bonds is 3. The first-order valence-corrected chi connectivity index (χ1v) is 5.48. The number of para-hydroxylation sites is 1. The molecule has 1 N–H and O–H groups in total. The van der Waals surface area contributed by atoms with Crippen molar-refractivity contribution in [3.8, 4) is 11.5 Å². The smallest absolute Gasteiger partial charge is 0.165 e. The van der Waals surface area contributed by atoms with E-state index in [0.717, 1.165) is 18.2 Å². The first kappa shape index (κ1) is 12.5. The molecule has 0 spiro atoms. The number of benzene rings is 2. The van der Waals surface area contributed by atoms with Crippen LogP contribution in [0, 0.1) is 11.6 Å². The Kier molecular flexibility index (Phi) is 3.58. The van der Waals surface area contributed by atoms with Gasteiger partial charge >= 0.3 is 0 Å². The summed E-state index contributed by atoms with van der Waals surface area (Å²) in [5.74, 6) is -1.14. The average molecular weight is 250 g/mol. The Balaban J connectivity index is 2.37. The van der Waals surface area contributed by atoms with Crippen molar-refractivity contribution in [3.05, 3.63) is 59.7 Å². The molecule has 0 bridgehead atoms. The Hall–Kier alpha value is -1.94. The van der Waals surface area contributed by atoms with Gasteiger partial charge in [-0.15, -0.1) is 0 Å². The molecular weight excluding hydrogens is 238 g/mol. The molecule has 94 valence electrons. The number of ether oxygens (including phenoxy) is 1. The fraction of sp³-hybridized carbons (Fsp3) is 0.143. The minimum Gasteiger partial charge on any atom is -0.454 e. The maximum absolute atomic E-state index is 13.4. The third kappa shape index (κ3) is 2.65. The molecule has 4 heteroatoms. The molecule has 2 aromatic rings. The molecule has 0 unspecified atom stereocenters. The van der Waals surface area contributed by atoms with Gasteiger partial charge in [0, 0.05) is 11.6 Å². The normalized spacial score (nSPS) is 12.2. The summed E-state index contributed by atoms with van der Waals surface area (Å²) in [7, 11) is 0. The van der Waals surface area contributed by atoms with Crippen molar-refractivity contribution in [2.75, 3.05) is 0 Å². The highest BCUT2D eigenvalue weighted by molar-refractivity contribution is 5.39. The molecule has 0 aliphatic rings. The van der Waals surface area contributed by atoms with E-state index >= 15 is 0 Å². The maximum atomic E-state index is 13.4. The van der Waals surface area contributed by atoms with Crippen LogP contribution in [0.4, 0.5) is 8.78 Å². The second kappa shape index (κ2) is 5.14. The highest BCUT2D eigenvalue weighted by atomic mass is 19.1. The highest BCUT2D eigenvalue weighted by Gasteiger charge is 2.12. The van der Waals surface area contributed by atoms with Crippen molar-refractivity contribution in [2.45, 2.75) is 13.0 Å². The van der Waals surface area contributed by atoms with Crippen molar-refractivity contribution < 1.29 is 18.6 Å². The van der Waals surface area contributed by atoms with Gasteiger partial charge in [-0.1, -0.05) is 18.2 Å². The Morgan fingerprint density at radius 1 is 1.06 bits per heavy atom. The largest absolute Gasteiger partial charge is 0.454 e. The van der Waals surface area contributed by atoms with Gasteiger partial charge in [-0.05, 0) is 25.1 Å². The lowest BCUT2D eigenvalue weighted by Crippen LogP contribution is -1.97. The molecule has 0 aromatic heterocycles. The zero-order valence-corrected chi connectivity index (χ0v) is 9.73. The number of aliphatic hydroxyl groups excluding tert-OH is 1. The van der Waals surface area contributed by atoms with E-state index < -0.39 is 17.7 Å². The minimum atomic E-state index is -0.752. The van der Waals surface area contributed by atoms with Gasteiger partial charge < -0.3 is 9.84 Å². The van der Waals surface area contributed by atoms with Gasteiger partial charge in [0.25, 0.3) is 0 Å². The van der Waals surface area contributed by atoms with Crippen LogP contribution in [0.25, 0.3) is 0 Å². The second-order valence-electron chi connectivity index (χ2n) is 3.89. The summed E-state index contributed by atoms with van der Waals surface area (Å²) >= 11 is 0. The molecule has 2 aromatic carbocycles. The third-order valence-corrected chi connectivity index (χ3v) is 2.48. The molecule has 0 heterocycles. The van der Waals surface area contributed by atoms with Gasteiger partial charge in [-0.3, -0.25) is 0 Å². The molecule has 18 heavy (non-hydrogen) atoms. The van der Waals surface area contributed by atoms with Crippen LogP contribution in [0.3, 0.4) is 0 Å². The van der Waals surface area contributed by atoms with E-state index in [9.17, 15) is 13.9 Å². The van der Waals surface area contributed by atoms with Crippen molar-refractivity contribution in [3.63, 3.8) is 0 Å². The van der Waals surface area contributed by atoms with Crippen molar-refractivity contribution >= 4 is 0 Å². The third-order valence-electron chi connectivity index (χ3n) is 2.48. The van der Waals surface area contributed by atoms with Crippen LogP contribution in [-0.2, 0) is 0 Å². The summed E-state index contributed by atoms with van der Waals surface area (Å²) in [6.07, 6.45) is -0.752. The lowest BCUT2D eigenvalue weighted by atomic mass is 10.1. The Bertz CT molecular complexity index is 553. The first-order valence-electron chi connectivity index (χ1n) is 5.48. The summed E-state index contributed by atoms with van der Waals surface area (Å²) in [6.45, 7) is 1.57. The van der Waals surface area contributed by atoms with Crippen LogP contribution in [-0.4, -0.2) is 5.11 Å². The average Bonchev–Trinajstić information content (AvgIpc) is 2.34. The molecule has 1 atom stereocenters. The predicted octanol–water partition coefficient (Wildman–Crippen LogP) is 3.81. The van der Waals surface area contributed by atoms with Gasteiger partial charge in [-0.25, -0.2) is 8.78 Å². The van der Waals surface area contributed by atoms with Crippen molar-refractivity contribution in [1.82, 2.24) is 0 Å². The molecule has 0 aliphatic carbocycles. The van der Waals surface area contributed by atoms with E-state index in [2.05, 4.69) is 0 Å². The predicted molar refractivity (Wildman–Crippen MR) is 63.5 cm³/mol. The number of aliphatic hydroxyl groups is 1. The van der Waals surface area contributed by atoms with E-state index in [4.69, 9.17) is 4.74 Å². The lowest BCUT2D eigenvalue weighted by molar-refractivity contribution is 0.195. The van der Waals surface area contributed by atoms with E-state index in [0.29, 0.717) is 11.3 Å². The van der Waals surface area contributed by atoms with E-state index in [-0.39, 0.29) is 5.75 Å². The van der Waals surface area contributed by atoms with Crippen LogP contribution in [0.2, 0.25) is 0 Å². The van der Waals surface area contributed by atoms with Gasteiger partial charge in [0.05, 0.1) is 6.10 Å². The molecule has 0 saturated heterocycles. The van der Waals surface area contributed by atoms with E-state index in [1.807, 2.05) is 0 Å². The van der Waals surface area contributed by atoms with Gasteiger partial charge in [0.2, 0.25) is 0 Å². The van der Waals surface area contributed by atoms with E-state index in [1.165, 1.54) is 0 Å². The first-order chi connectivity index (χ1) is 8.58. The minimum absolute atomic E-state index is 0.205. The fourth-order valence-corrected chi connectivity index (χ4v) is 1.59. The Labute approximate surface area is 103 Å². The number of hydrogen-bond donors (Lipinski definition) is 1. The standard InChI is InChI=1S/C14H12F2O2/c1-9(17)11-4-2-3-5-13(11)18-14-8-10(15)6-7-12(14)16/h2-9,17H,1H3/t9-/m1/s1. The molecule has 0 amide bonds. The van der Waals surface area contributed by atoms with Crippen molar-refractivity contribution in [1.29, 1.82) is 0 Å². The monoisotopic (exact) mass is 250 g/mol. The molecule has 0 saturated carbocycles. The summed E-state index contributed by atoms with van der Waals surface area (Å²) < 4.78 is 31.8. The van der Waals surface area contributed by atoms with Crippen molar-refractivity contribution in [2.24, 2.45) is 0 Å². The zero-order chi connectivity index (χ0) is 13.1. The SMILES string of the molecule is C[C@@H](O)c1ccccc1Oc1cc(F)ccc1F. The highest BCUT2D eigenvalue weighted by Crippen LogP contribution is 2.31. The van der Waals surface area contributed by atoms with Gasteiger partial charge in [0.15, 0.2) is 11.6 Å². The molecule has 2 rings (SSSR count). The number of halogens is 2. The second-order valence-corrected chi connectivity index (χ2v) is 3.89. The van der Waals surface area contributed by atoms with Gasteiger partial charge in [-0.2, -0.15) is 0 Å². The Morgan fingerprint density at radius 3 is 2.50 bits per heavy atom. The van der Waals surface area contributed by atoms with Gasteiger partial charge in [0.1, 0.15) is 11.6 Å².